The molecule has 0 radical (unpaired) electrons. The van der Waals surface area contributed by atoms with Crippen LogP contribution in [0.25, 0.3) is 0 Å². The van der Waals surface area contributed by atoms with Crippen molar-refractivity contribution in [2.45, 2.75) is 46.8 Å². The Kier molecular flexibility index (Phi) is 5.12. The molecule has 1 aromatic heterocycles. The zero-order valence-corrected chi connectivity index (χ0v) is 12.1. The molecular weight excluding hydrogens is 230 g/mol. The molecule has 0 fully saturated rings. The van der Waals surface area contributed by atoms with Crippen molar-refractivity contribution < 1.29 is 4.74 Å². The van der Waals surface area contributed by atoms with Gasteiger partial charge in [-0.15, -0.1) is 0 Å². The molecule has 0 saturated carbocycles. The molecule has 0 aliphatic carbocycles. The Bertz CT molecular complexity index is 381. The monoisotopic (exact) mass is 253 g/mol. The van der Waals surface area contributed by atoms with Crippen LogP contribution < -0.4 is 15.0 Å². The van der Waals surface area contributed by atoms with E-state index in [1.807, 2.05) is 13.8 Å². The Labute approximate surface area is 109 Å². The number of aromatic nitrogens is 3. The molecular formula is C12H23N5O. The third kappa shape index (κ3) is 3.72. The molecule has 18 heavy (non-hydrogen) atoms. The van der Waals surface area contributed by atoms with Crippen LogP contribution in [0, 0.1) is 0 Å². The fourth-order valence-corrected chi connectivity index (χ4v) is 1.59. The van der Waals surface area contributed by atoms with E-state index < -0.39 is 0 Å². The highest BCUT2D eigenvalue weighted by molar-refractivity contribution is 5.38. The smallest absolute Gasteiger partial charge is 0.323 e. The van der Waals surface area contributed by atoms with E-state index >= 15 is 0 Å². The van der Waals surface area contributed by atoms with Gasteiger partial charge in [0, 0.05) is 19.6 Å². The number of nitrogens with zero attached hydrogens (tertiary/aromatic N) is 4. The van der Waals surface area contributed by atoms with E-state index in [1.165, 1.54) is 0 Å². The maximum absolute atomic E-state index is 5.54. The van der Waals surface area contributed by atoms with Crippen LogP contribution in [0.4, 0.5) is 11.9 Å². The van der Waals surface area contributed by atoms with E-state index in [0.717, 1.165) is 6.54 Å². The maximum Gasteiger partial charge on any atom is 0.323 e. The molecule has 6 heteroatoms. The van der Waals surface area contributed by atoms with Crippen molar-refractivity contribution in [2.75, 3.05) is 23.8 Å². The van der Waals surface area contributed by atoms with Crippen LogP contribution in [0.1, 0.15) is 34.6 Å². The van der Waals surface area contributed by atoms with Crippen LogP contribution in [-0.2, 0) is 0 Å². The van der Waals surface area contributed by atoms with E-state index in [-0.39, 0.29) is 6.10 Å². The minimum absolute atomic E-state index is 0.0408. The molecule has 1 N–H and O–H groups in total. The van der Waals surface area contributed by atoms with Crippen LogP contribution in [0.5, 0.6) is 6.01 Å². The van der Waals surface area contributed by atoms with Crippen molar-refractivity contribution >= 4 is 11.9 Å². The summed E-state index contributed by atoms with van der Waals surface area (Å²) < 4.78 is 5.54. The van der Waals surface area contributed by atoms with Crippen LogP contribution in [0.3, 0.4) is 0 Å². The van der Waals surface area contributed by atoms with Gasteiger partial charge in [0.05, 0.1) is 6.10 Å². The van der Waals surface area contributed by atoms with Gasteiger partial charge >= 0.3 is 6.01 Å². The van der Waals surface area contributed by atoms with Crippen molar-refractivity contribution in [1.82, 2.24) is 15.0 Å². The molecule has 0 aliphatic heterocycles. The standard InChI is InChI=1S/C12H23N5O/c1-7-17(8(2)3)11-14-10(13-6)15-12(16-11)18-9(4)5/h8-9H,7H2,1-6H3,(H,13,14,15,16). The fourth-order valence-electron chi connectivity index (χ4n) is 1.59. The zero-order valence-electron chi connectivity index (χ0n) is 12.1. The zero-order chi connectivity index (χ0) is 13.7. The first-order valence-electron chi connectivity index (χ1n) is 6.35. The summed E-state index contributed by atoms with van der Waals surface area (Å²) >= 11 is 0. The molecule has 1 aromatic rings. The number of anilines is 2. The van der Waals surface area contributed by atoms with Gasteiger partial charge < -0.3 is 15.0 Å². The lowest BCUT2D eigenvalue weighted by molar-refractivity contribution is 0.222. The van der Waals surface area contributed by atoms with Gasteiger partial charge in [-0.05, 0) is 34.6 Å². The number of hydrogen-bond acceptors (Lipinski definition) is 6. The second-order valence-electron chi connectivity index (χ2n) is 4.54. The summed E-state index contributed by atoms with van der Waals surface area (Å²) in [6, 6.07) is 0.687. The van der Waals surface area contributed by atoms with Gasteiger partial charge in [0.25, 0.3) is 0 Å². The highest BCUT2D eigenvalue weighted by Gasteiger charge is 2.15. The third-order valence-electron chi connectivity index (χ3n) is 2.39. The Morgan fingerprint density at radius 3 is 2.28 bits per heavy atom. The summed E-state index contributed by atoms with van der Waals surface area (Å²) in [6.07, 6.45) is 0.0408. The second-order valence-corrected chi connectivity index (χ2v) is 4.54. The Morgan fingerprint density at radius 2 is 1.83 bits per heavy atom. The molecule has 1 heterocycles. The van der Waals surface area contributed by atoms with Crippen molar-refractivity contribution in [1.29, 1.82) is 0 Å². The van der Waals surface area contributed by atoms with Crippen molar-refractivity contribution in [3.8, 4) is 6.01 Å². The summed E-state index contributed by atoms with van der Waals surface area (Å²) in [5.74, 6) is 1.16. The average molecular weight is 253 g/mol. The molecule has 0 amide bonds. The fraction of sp³-hybridized carbons (Fsp3) is 0.750. The van der Waals surface area contributed by atoms with Crippen molar-refractivity contribution in [2.24, 2.45) is 0 Å². The van der Waals surface area contributed by atoms with E-state index in [1.54, 1.807) is 7.05 Å². The summed E-state index contributed by atoms with van der Waals surface area (Å²) in [6.45, 7) is 11.0. The summed E-state index contributed by atoms with van der Waals surface area (Å²) in [5, 5.41) is 2.93. The predicted molar refractivity (Wildman–Crippen MR) is 73.3 cm³/mol. The van der Waals surface area contributed by atoms with Crippen molar-refractivity contribution in [3.05, 3.63) is 0 Å². The number of hydrogen-bond donors (Lipinski definition) is 1. The highest BCUT2D eigenvalue weighted by Crippen LogP contribution is 2.17. The van der Waals surface area contributed by atoms with Gasteiger partial charge in [-0.2, -0.15) is 15.0 Å². The van der Waals surface area contributed by atoms with Gasteiger partial charge in [-0.3, -0.25) is 0 Å². The summed E-state index contributed by atoms with van der Waals surface area (Å²) in [7, 11) is 1.78. The molecule has 6 nitrogen and oxygen atoms in total. The van der Waals surface area contributed by atoms with Gasteiger partial charge in [-0.25, -0.2) is 0 Å². The summed E-state index contributed by atoms with van der Waals surface area (Å²) in [5.41, 5.74) is 0. The maximum atomic E-state index is 5.54. The number of rotatable bonds is 6. The van der Waals surface area contributed by atoms with E-state index in [0.29, 0.717) is 23.9 Å². The lowest BCUT2D eigenvalue weighted by atomic mass is 10.3. The number of nitrogens with one attached hydrogen (secondary N) is 1. The quantitative estimate of drug-likeness (QED) is 0.836. The topological polar surface area (TPSA) is 63.2 Å². The average Bonchev–Trinajstić information content (AvgIpc) is 2.28. The minimum Gasteiger partial charge on any atom is -0.461 e. The normalized spacial score (nSPS) is 10.9. The highest BCUT2D eigenvalue weighted by atomic mass is 16.5. The Morgan fingerprint density at radius 1 is 1.17 bits per heavy atom. The van der Waals surface area contributed by atoms with Crippen LogP contribution in [0.2, 0.25) is 0 Å². The van der Waals surface area contributed by atoms with Gasteiger partial charge in [-0.1, -0.05) is 0 Å². The minimum atomic E-state index is 0.0408. The van der Waals surface area contributed by atoms with Crippen LogP contribution >= 0.6 is 0 Å². The third-order valence-corrected chi connectivity index (χ3v) is 2.39. The second kappa shape index (κ2) is 6.37. The Balaban J connectivity index is 3.10. The molecule has 0 bridgehead atoms. The van der Waals surface area contributed by atoms with E-state index in [9.17, 15) is 0 Å². The molecule has 0 unspecified atom stereocenters. The van der Waals surface area contributed by atoms with E-state index in [4.69, 9.17) is 4.74 Å². The van der Waals surface area contributed by atoms with E-state index in [2.05, 4.69) is 45.9 Å². The van der Waals surface area contributed by atoms with Gasteiger partial charge in [0.2, 0.25) is 11.9 Å². The molecule has 1 rings (SSSR count). The molecule has 0 aromatic carbocycles. The molecule has 0 aliphatic rings. The molecule has 102 valence electrons. The van der Waals surface area contributed by atoms with Gasteiger partial charge in [0.15, 0.2) is 0 Å². The molecule has 0 spiro atoms. The SMILES string of the molecule is CCN(c1nc(NC)nc(OC(C)C)n1)C(C)C. The first-order chi connectivity index (χ1) is 8.47. The lowest BCUT2D eigenvalue weighted by Crippen LogP contribution is -2.32. The Hall–Kier alpha value is -1.59. The predicted octanol–water partition coefficient (Wildman–Crippen LogP) is 1.94. The molecule has 0 saturated heterocycles. The largest absolute Gasteiger partial charge is 0.461 e. The van der Waals surface area contributed by atoms with Gasteiger partial charge in [0.1, 0.15) is 0 Å². The first kappa shape index (κ1) is 14.5. The summed E-state index contributed by atoms with van der Waals surface area (Å²) in [4.78, 5) is 15.0. The first-order valence-corrected chi connectivity index (χ1v) is 6.35. The van der Waals surface area contributed by atoms with Crippen LogP contribution in [0.15, 0.2) is 0 Å². The van der Waals surface area contributed by atoms with Crippen LogP contribution in [-0.4, -0.2) is 40.7 Å². The van der Waals surface area contributed by atoms with Crippen molar-refractivity contribution in [3.63, 3.8) is 0 Å². The molecule has 0 atom stereocenters. The lowest BCUT2D eigenvalue weighted by Gasteiger charge is -2.25. The number of ether oxygens (including phenoxy) is 1.